The predicted molar refractivity (Wildman–Crippen MR) is 67.4 cm³/mol. The van der Waals surface area contributed by atoms with Crippen LogP contribution in [0, 0.1) is 0 Å². The van der Waals surface area contributed by atoms with Crippen LogP contribution in [0.5, 0.6) is 0 Å². The zero-order chi connectivity index (χ0) is 12.2. The predicted octanol–water partition coefficient (Wildman–Crippen LogP) is 1.20. The van der Waals surface area contributed by atoms with Crippen molar-refractivity contribution in [3.63, 3.8) is 0 Å². The molecule has 16 heavy (non-hydrogen) atoms. The highest BCUT2D eigenvalue weighted by Gasteiger charge is 2.16. The van der Waals surface area contributed by atoms with Crippen LogP contribution in [0.15, 0.2) is 16.3 Å². The van der Waals surface area contributed by atoms with Gasteiger partial charge in [-0.3, -0.25) is 0 Å². The number of sulfonamides is 1. The van der Waals surface area contributed by atoms with Crippen molar-refractivity contribution in [2.24, 2.45) is 0 Å². The van der Waals surface area contributed by atoms with E-state index in [1.165, 1.54) is 11.3 Å². The fourth-order valence-electron chi connectivity index (χ4n) is 1.10. The number of thiophene rings is 1. The fraction of sp³-hybridized carbons (Fsp3) is 0.600. The first kappa shape index (κ1) is 13.6. The van der Waals surface area contributed by atoms with Crippen molar-refractivity contribution in [3.8, 4) is 0 Å². The summed E-state index contributed by atoms with van der Waals surface area (Å²) in [7, 11) is -1.52. The lowest BCUT2D eigenvalue weighted by atomic mass is 10.4. The van der Waals surface area contributed by atoms with Crippen LogP contribution in [0.2, 0.25) is 0 Å². The maximum absolute atomic E-state index is 11.9. The van der Waals surface area contributed by atoms with Crippen molar-refractivity contribution in [1.82, 2.24) is 10.0 Å². The minimum Gasteiger partial charge on any atom is -0.316 e. The lowest BCUT2D eigenvalue weighted by Crippen LogP contribution is -2.36. The third-order valence-corrected chi connectivity index (χ3v) is 5.47. The SMILES string of the molecule is CCc1ccc(S(=O)(=O)NCC(C)NC)s1. The Kier molecular flexibility index (Phi) is 4.91. The third-order valence-electron chi connectivity index (χ3n) is 2.32. The molecule has 4 nitrogen and oxygen atoms in total. The van der Waals surface area contributed by atoms with Gasteiger partial charge >= 0.3 is 0 Å². The molecule has 92 valence electrons. The van der Waals surface area contributed by atoms with E-state index in [2.05, 4.69) is 10.0 Å². The lowest BCUT2D eigenvalue weighted by molar-refractivity contribution is 0.556. The van der Waals surface area contributed by atoms with Gasteiger partial charge in [0.15, 0.2) is 0 Å². The molecule has 1 aromatic rings. The van der Waals surface area contributed by atoms with Crippen molar-refractivity contribution >= 4 is 21.4 Å². The van der Waals surface area contributed by atoms with E-state index in [9.17, 15) is 8.42 Å². The van der Waals surface area contributed by atoms with Crippen LogP contribution in [-0.2, 0) is 16.4 Å². The van der Waals surface area contributed by atoms with Gasteiger partial charge in [0.05, 0.1) is 0 Å². The summed E-state index contributed by atoms with van der Waals surface area (Å²) in [6.45, 7) is 4.34. The van der Waals surface area contributed by atoms with Crippen LogP contribution >= 0.6 is 11.3 Å². The first-order chi connectivity index (χ1) is 7.49. The molecule has 0 saturated heterocycles. The maximum Gasteiger partial charge on any atom is 0.250 e. The minimum absolute atomic E-state index is 0.125. The van der Waals surface area contributed by atoms with Gasteiger partial charge in [0.2, 0.25) is 10.0 Å². The molecule has 0 bridgehead atoms. The average Bonchev–Trinajstić information content (AvgIpc) is 2.75. The Morgan fingerprint density at radius 1 is 1.44 bits per heavy atom. The fourth-order valence-corrected chi connectivity index (χ4v) is 3.57. The van der Waals surface area contributed by atoms with Crippen molar-refractivity contribution in [2.45, 2.75) is 30.5 Å². The number of nitrogens with one attached hydrogen (secondary N) is 2. The second-order valence-electron chi connectivity index (χ2n) is 3.62. The van der Waals surface area contributed by atoms with E-state index >= 15 is 0 Å². The topological polar surface area (TPSA) is 58.2 Å². The van der Waals surface area contributed by atoms with E-state index in [-0.39, 0.29) is 6.04 Å². The van der Waals surface area contributed by atoms with E-state index in [1.54, 1.807) is 13.1 Å². The van der Waals surface area contributed by atoms with Crippen molar-refractivity contribution < 1.29 is 8.42 Å². The van der Waals surface area contributed by atoms with Crippen LogP contribution in [0.25, 0.3) is 0 Å². The van der Waals surface area contributed by atoms with E-state index in [1.807, 2.05) is 19.9 Å². The quantitative estimate of drug-likeness (QED) is 0.810. The molecule has 0 aromatic carbocycles. The molecule has 1 aromatic heterocycles. The molecule has 0 fully saturated rings. The maximum atomic E-state index is 11.9. The summed E-state index contributed by atoms with van der Waals surface area (Å²) in [5, 5.41) is 2.98. The molecule has 0 aliphatic heterocycles. The van der Waals surface area contributed by atoms with Crippen molar-refractivity contribution in [2.75, 3.05) is 13.6 Å². The van der Waals surface area contributed by atoms with Gasteiger partial charge in [0.25, 0.3) is 0 Å². The molecule has 1 unspecified atom stereocenters. The Balaban J connectivity index is 2.70. The second kappa shape index (κ2) is 5.77. The minimum atomic E-state index is -3.33. The number of aryl methyl sites for hydroxylation is 1. The summed E-state index contributed by atoms with van der Waals surface area (Å²) in [5.41, 5.74) is 0. The van der Waals surface area contributed by atoms with Crippen LogP contribution < -0.4 is 10.0 Å². The van der Waals surface area contributed by atoms with Gasteiger partial charge in [0, 0.05) is 17.5 Å². The number of likely N-dealkylation sites (N-methyl/N-ethyl adjacent to an activating group) is 1. The van der Waals surface area contributed by atoms with Gasteiger partial charge in [-0.05, 0) is 32.5 Å². The van der Waals surface area contributed by atoms with Gasteiger partial charge < -0.3 is 5.32 Å². The standard InChI is InChI=1S/C10H18N2O2S2/c1-4-9-5-6-10(15-9)16(13,14)12-7-8(2)11-3/h5-6,8,11-12H,4,7H2,1-3H3. The van der Waals surface area contributed by atoms with Gasteiger partial charge in [-0.15, -0.1) is 11.3 Å². The highest BCUT2D eigenvalue weighted by molar-refractivity contribution is 7.91. The normalized spacial score (nSPS) is 13.9. The van der Waals surface area contributed by atoms with Crippen LogP contribution in [-0.4, -0.2) is 28.1 Å². The first-order valence-electron chi connectivity index (χ1n) is 5.25. The Morgan fingerprint density at radius 3 is 2.62 bits per heavy atom. The van der Waals surface area contributed by atoms with Crippen molar-refractivity contribution in [3.05, 3.63) is 17.0 Å². The summed E-state index contributed by atoms with van der Waals surface area (Å²) in [4.78, 5) is 1.09. The highest BCUT2D eigenvalue weighted by Crippen LogP contribution is 2.21. The third kappa shape index (κ3) is 3.55. The molecule has 1 atom stereocenters. The molecule has 0 spiro atoms. The molecule has 1 rings (SSSR count). The molecule has 0 aliphatic rings. The zero-order valence-corrected chi connectivity index (χ0v) is 11.4. The molecular weight excluding hydrogens is 244 g/mol. The summed E-state index contributed by atoms with van der Waals surface area (Å²) in [6.07, 6.45) is 0.868. The van der Waals surface area contributed by atoms with Gasteiger partial charge in [-0.25, -0.2) is 13.1 Å². The number of hydrogen-bond acceptors (Lipinski definition) is 4. The van der Waals surface area contributed by atoms with Crippen LogP contribution in [0.1, 0.15) is 18.7 Å². The van der Waals surface area contributed by atoms with Crippen molar-refractivity contribution in [1.29, 1.82) is 0 Å². The molecule has 0 saturated carbocycles. The van der Waals surface area contributed by atoms with Crippen LogP contribution in [0.3, 0.4) is 0 Å². The van der Waals surface area contributed by atoms with Gasteiger partial charge in [0.1, 0.15) is 4.21 Å². The van der Waals surface area contributed by atoms with E-state index < -0.39 is 10.0 Å². The van der Waals surface area contributed by atoms with E-state index in [4.69, 9.17) is 0 Å². The summed E-state index contributed by atoms with van der Waals surface area (Å²) in [5.74, 6) is 0. The summed E-state index contributed by atoms with van der Waals surface area (Å²) < 4.78 is 26.7. The first-order valence-corrected chi connectivity index (χ1v) is 7.55. The Morgan fingerprint density at radius 2 is 2.12 bits per heavy atom. The van der Waals surface area contributed by atoms with Crippen LogP contribution in [0.4, 0.5) is 0 Å². The molecular formula is C10H18N2O2S2. The van der Waals surface area contributed by atoms with E-state index in [0.29, 0.717) is 10.8 Å². The van der Waals surface area contributed by atoms with Gasteiger partial charge in [-0.1, -0.05) is 6.92 Å². The average molecular weight is 262 g/mol. The zero-order valence-electron chi connectivity index (χ0n) is 9.78. The molecule has 0 amide bonds. The molecule has 0 radical (unpaired) electrons. The molecule has 1 heterocycles. The monoisotopic (exact) mass is 262 g/mol. The van der Waals surface area contributed by atoms with Gasteiger partial charge in [-0.2, -0.15) is 0 Å². The molecule has 2 N–H and O–H groups in total. The molecule has 0 aliphatic carbocycles. The summed E-state index contributed by atoms with van der Waals surface area (Å²) >= 11 is 1.33. The largest absolute Gasteiger partial charge is 0.316 e. The molecule has 6 heteroatoms. The highest BCUT2D eigenvalue weighted by atomic mass is 32.2. The van der Waals surface area contributed by atoms with E-state index in [0.717, 1.165) is 11.3 Å². The number of rotatable bonds is 6. The lowest BCUT2D eigenvalue weighted by Gasteiger charge is -2.10. The Hall–Kier alpha value is -0.430. The summed E-state index contributed by atoms with van der Waals surface area (Å²) in [6, 6.07) is 3.65. The number of hydrogen-bond donors (Lipinski definition) is 2. The second-order valence-corrected chi connectivity index (χ2v) is 6.78. The Labute approximate surface area is 101 Å². The smallest absolute Gasteiger partial charge is 0.250 e. The Bertz CT molecular complexity index is 426.